The van der Waals surface area contributed by atoms with Gasteiger partial charge >= 0.3 is 20.7 Å². The van der Waals surface area contributed by atoms with Gasteiger partial charge in [0.1, 0.15) is 5.75 Å². The molecule has 40 heavy (non-hydrogen) atoms. The topological polar surface area (TPSA) is 98.8 Å². The summed E-state index contributed by atoms with van der Waals surface area (Å²) in [5.41, 5.74) is 1.08. The van der Waals surface area contributed by atoms with E-state index in [4.69, 9.17) is 32.2 Å². The predicted molar refractivity (Wildman–Crippen MR) is 155 cm³/mol. The van der Waals surface area contributed by atoms with Crippen LogP contribution in [0.15, 0.2) is 48.5 Å². The highest BCUT2D eigenvalue weighted by atomic mass is 28.4. The smallest absolute Gasteiger partial charge is 0.494 e. The molecular weight excluding hydrogens is 532 g/mol. The first-order valence-electron chi connectivity index (χ1n) is 13.9. The Morgan fingerprint density at radius 2 is 1.43 bits per heavy atom. The maximum atomic E-state index is 12.8. The van der Waals surface area contributed by atoms with E-state index in [0.717, 1.165) is 18.9 Å². The SMILES string of the molecule is CCOC(=O)/C=C/c1ccc(OC(=O)c2ccc(OCCCC[Si](OCC)(OCC)OCC)cc2)c(OCC)c1. The number of hydrogen-bond donors (Lipinski definition) is 0. The minimum absolute atomic E-state index is 0.284. The Morgan fingerprint density at radius 1 is 0.750 bits per heavy atom. The number of ether oxygens (including phenoxy) is 4. The van der Waals surface area contributed by atoms with Crippen LogP contribution in [-0.2, 0) is 22.8 Å². The molecule has 9 nitrogen and oxygen atoms in total. The molecule has 2 rings (SSSR count). The summed E-state index contributed by atoms with van der Waals surface area (Å²) < 4.78 is 39.7. The summed E-state index contributed by atoms with van der Waals surface area (Å²) in [6.45, 7) is 12.3. The molecule has 0 radical (unpaired) electrons. The Bertz CT molecular complexity index is 1050. The van der Waals surface area contributed by atoms with Crippen LogP contribution in [0.5, 0.6) is 17.2 Å². The molecule has 0 atom stereocenters. The summed E-state index contributed by atoms with van der Waals surface area (Å²) in [6, 6.07) is 12.6. The summed E-state index contributed by atoms with van der Waals surface area (Å²) in [4.78, 5) is 24.4. The van der Waals surface area contributed by atoms with E-state index in [2.05, 4.69) is 0 Å². The molecule has 0 saturated heterocycles. The number of rotatable bonds is 19. The van der Waals surface area contributed by atoms with Gasteiger partial charge in [-0.15, -0.1) is 0 Å². The fourth-order valence-electron chi connectivity index (χ4n) is 3.82. The van der Waals surface area contributed by atoms with Gasteiger partial charge in [0, 0.05) is 31.9 Å². The molecule has 0 aliphatic carbocycles. The number of unbranched alkanes of at least 4 members (excludes halogenated alkanes) is 1. The van der Waals surface area contributed by atoms with Gasteiger partial charge in [-0.25, -0.2) is 9.59 Å². The standard InChI is InChI=1S/C30H42O9Si/c1-6-33-28-23-24(14-20-29(31)34-7-2)13-19-27(28)39-30(32)25-15-17-26(18-16-25)35-21-11-12-22-40(36-8-3,37-9-4)38-10-5/h13-20,23H,6-12,21-22H2,1-5H3/b20-14+. The lowest BCUT2D eigenvalue weighted by Crippen LogP contribution is -2.45. The fourth-order valence-corrected chi connectivity index (χ4v) is 6.50. The van der Waals surface area contributed by atoms with Gasteiger partial charge in [0.25, 0.3) is 0 Å². The number of carbonyl (C=O) groups excluding carboxylic acids is 2. The van der Waals surface area contributed by atoms with Crippen LogP contribution < -0.4 is 14.2 Å². The predicted octanol–water partition coefficient (Wildman–Crippen LogP) is 6.09. The molecule has 10 heteroatoms. The second-order valence-corrected chi connectivity index (χ2v) is 11.2. The van der Waals surface area contributed by atoms with Crippen LogP contribution in [0.1, 0.15) is 63.4 Å². The van der Waals surface area contributed by atoms with Gasteiger partial charge < -0.3 is 32.2 Å². The molecule has 2 aromatic rings. The van der Waals surface area contributed by atoms with Crippen molar-refractivity contribution in [3.63, 3.8) is 0 Å². The number of hydrogen-bond acceptors (Lipinski definition) is 9. The number of carbonyl (C=O) groups is 2. The van der Waals surface area contributed by atoms with E-state index in [0.29, 0.717) is 62.3 Å². The van der Waals surface area contributed by atoms with Crippen LogP contribution in [0.3, 0.4) is 0 Å². The highest BCUT2D eigenvalue weighted by molar-refractivity contribution is 6.60. The minimum Gasteiger partial charge on any atom is -0.494 e. The normalized spacial score (nSPS) is 11.4. The summed E-state index contributed by atoms with van der Waals surface area (Å²) in [6.07, 6.45) is 4.62. The molecule has 0 bridgehead atoms. The summed E-state index contributed by atoms with van der Waals surface area (Å²) in [7, 11) is -2.64. The summed E-state index contributed by atoms with van der Waals surface area (Å²) in [5.74, 6) is 0.383. The lowest BCUT2D eigenvalue weighted by atomic mass is 10.2. The Balaban J connectivity index is 1.91. The van der Waals surface area contributed by atoms with Gasteiger partial charge in [-0.05, 0) is 95.5 Å². The molecule has 2 aromatic carbocycles. The zero-order valence-electron chi connectivity index (χ0n) is 24.2. The van der Waals surface area contributed by atoms with Crippen molar-refractivity contribution in [1.29, 1.82) is 0 Å². The van der Waals surface area contributed by atoms with Crippen LogP contribution in [0.4, 0.5) is 0 Å². The third-order valence-electron chi connectivity index (χ3n) is 5.50. The van der Waals surface area contributed by atoms with Crippen LogP contribution >= 0.6 is 0 Å². The largest absolute Gasteiger partial charge is 0.500 e. The third-order valence-corrected chi connectivity index (χ3v) is 8.65. The Hall–Kier alpha value is -3.18. The van der Waals surface area contributed by atoms with Crippen LogP contribution in [0.2, 0.25) is 6.04 Å². The maximum Gasteiger partial charge on any atom is 0.500 e. The Kier molecular flexibility index (Phi) is 15.0. The molecule has 0 N–H and O–H groups in total. The maximum absolute atomic E-state index is 12.8. The zero-order valence-corrected chi connectivity index (χ0v) is 25.2. The molecular formula is C30H42O9Si. The van der Waals surface area contributed by atoms with E-state index in [-0.39, 0.29) is 5.75 Å². The molecule has 0 saturated carbocycles. The summed E-state index contributed by atoms with van der Waals surface area (Å²) in [5, 5.41) is 0. The first-order chi connectivity index (χ1) is 19.4. The minimum atomic E-state index is -2.64. The van der Waals surface area contributed by atoms with E-state index in [1.165, 1.54) is 6.08 Å². The molecule has 0 amide bonds. The molecule has 0 spiro atoms. The van der Waals surface area contributed by atoms with E-state index < -0.39 is 20.7 Å². The monoisotopic (exact) mass is 574 g/mol. The molecule has 220 valence electrons. The first kappa shape index (κ1) is 33.0. The lowest BCUT2D eigenvalue weighted by molar-refractivity contribution is -0.137. The van der Waals surface area contributed by atoms with Crippen molar-refractivity contribution in [2.24, 2.45) is 0 Å². The van der Waals surface area contributed by atoms with Gasteiger partial charge in [-0.1, -0.05) is 6.07 Å². The number of benzene rings is 2. The Labute approximate surface area is 238 Å². The average molecular weight is 575 g/mol. The van der Waals surface area contributed by atoms with Crippen molar-refractivity contribution in [1.82, 2.24) is 0 Å². The highest BCUT2D eigenvalue weighted by Gasteiger charge is 2.39. The van der Waals surface area contributed by atoms with Gasteiger partial charge in [0.2, 0.25) is 0 Å². The molecule has 0 unspecified atom stereocenters. The average Bonchev–Trinajstić information content (AvgIpc) is 2.94. The van der Waals surface area contributed by atoms with Crippen LogP contribution in [-0.4, -0.2) is 60.4 Å². The lowest BCUT2D eigenvalue weighted by Gasteiger charge is -2.28. The van der Waals surface area contributed by atoms with Crippen molar-refractivity contribution >= 4 is 26.8 Å². The van der Waals surface area contributed by atoms with Crippen LogP contribution in [0, 0.1) is 0 Å². The Morgan fingerprint density at radius 3 is 2.02 bits per heavy atom. The van der Waals surface area contributed by atoms with Gasteiger partial charge in [0.05, 0.1) is 25.4 Å². The quantitative estimate of drug-likeness (QED) is 0.0649. The second-order valence-electron chi connectivity index (χ2n) is 8.43. The molecule has 0 aliphatic heterocycles. The van der Waals surface area contributed by atoms with Crippen molar-refractivity contribution in [2.45, 2.75) is 53.5 Å². The van der Waals surface area contributed by atoms with E-state index in [9.17, 15) is 9.59 Å². The molecule has 0 aliphatic rings. The van der Waals surface area contributed by atoms with Gasteiger partial charge in [-0.2, -0.15) is 0 Å². The second kappa shape index (κ2) is 18.2. The van der Waals surface area contributed by atoms with Crippen molar-refractivity contribution < 1.29 is 41.8 Å². The van der Waals surface area contributed by atoms with Gasteiger partial charge in [-0.3, -0.25) is 0 Å². The van der Waals surface area contributed by atoms with E-state index in [1.54, 1.807) is 55.5 Å². The van der Waals surface area contributed by atoms with Crippen molar-refractivity contribution in [3.05, 3.63) is 59.7 Å². The third kappa shape index (κ3) is 11.1. The fraction of sp³-hybridized carbons (Fsp3) is 0.467. The molecule has 0 aromatic heterocycles. The van der Waals surface area contributed by atoms with Gasteiger partial charge in [0.15, 0.2) is 11.5 Å². The molecule has 0 heterocycles. The molecule has 0 fully saturated rings. The van der Waals surface area contributed by atoms with Crippen molar-refractivity contribution in [2.75, 3.05) is 39.6 Å². The first-order valence-corrected chi connectivity index (χ1v) is 15.8. The van der Waals surface area contributed by atoms with Crippen molar-refractivity contribution in [3.8, 4) is 17.2 Å². The highest BCUT2D eigenvalue weighted by Crippen LogP contribution is 2.30. The summed E-state index contributed by atoms with van der Waals surface area (Å²) >= 11 is 0. The van der Waals surface area contributed by atoms with E-state index >= 15 is 0 Å². The zero-order chi connectivity index (χ0) is 29.2. The van der Waals surface area contributed by atoms with E-state index in [1.807, 2.05) is 27.7 Å². The van der Waals surface area contributed by atoms with Crippen LogP contribution in [0.25, 0.3) is 6.08 Å². The number of esters is 2.